The van der Waals surface area contributed by atoms with Gasteiger partial charge in [0.1, 0.15) is 5.75 Å². The summed E-state index contributed by atoms with van der Waals surface area (Å²) in [6, 6.07) is 1.35. The molecule has 1 rings (SSSR count). The molecule has 0 aliphatic carbocycles. The molecule has 23 heavy (non-hydrogen) atoms. The number of aromatic nitrogens is 1. The van der Waals surface area contributed by atoms with Crippen molar-refractivity contribution < 1.29 is 22.3 Å². The van der Waals surface area contributed by atoms with Gasteiger partial charge in [-0.2, -0.15) is 17.6 Å². The Balaban J connectivity index is 3.14. The van der Waals surface area contributed by atoms with Crippen molar-refractivity contribution in [1.82, 2.24) is 4.98 Å². The van der Waals surface area contributed by atoms with Gasteiger partial charge >= 0.3 is 12.0 Å². The Labute approximate surface area is 135 Å². The van der Waals surface area contributed by atoms with Crippen molar-refractivity contribution in [3.05, 3.63) is 24.0 Å². The van der Waals surface area contributed by atoms with Crippen molar-refractivity contribution in [3.8, 4) is 5.75 Å². The highest BCUT2D eigenvalue weighted by molar-refractivity contribution is 5.29. The molecule has 0 atom stereocenters. The normalized spacial score (nSPS) is 14.0. The molecule has 0 saturated heterocycles. The van der Waals surface area contributed by atoms with E-state index in [9.17, 15) is 17.6 Å². The first-order chi connectivity index (χ1) is 10.3. The maximum Gasteiger partial charge on any atom is 0.464 e. The number of hydrogen-bond acceptors (Lipinski definition) is 2. The Morgan fingerprint density at radius 3 is 2.00 bits per heavy atom. The Morgan fingerprint density at radius 1 is 0.957 bits per heavy atom. The molecule has 0 radical (unpaired) electrons. The summed E-state index contributed by atoms with van der Waals surface area (Å²) in [7, 11) is 0. The average Bonchev–Trinajstić information content (AvgIpc) is 2.46. The summed E-state index contributed by atoms with van der Waals surface area (Å²) < 4.78 is 60.9. The molecule has 0 amide bonds. The van der Waals surface area contributed by atoms with Gasteiger partial charge < -0.3 is 4.74 Å². The summed E-state index contributed by atoms with van der Waals surface area (Å²) >= 11 is 0. The van der Waals surface area contributed by atoms with Crippen LogP contribution in [0.1, 0.15) is 59.9 Å². The van der Waals surface area contributed by atoms with Gasteiger partial charge in [-0.25, -0.2) is 0 Å². The molecule has 1 heterocycles. The van der Waals surface area contributed by atoms with Gasteiger partial charge in [0.05, 0.1) is 6.20 Å². The lowest BCUT2D eigenvalue weighted by Crippen LogP contribution is -2.54. The number of rotatable bonds is 7. The average molecular weight is 335 g/mol. The molecule has 0 aliphatic heterocycles. The fourth-order valence-corrected chi connectivity index (χ4v) is 1.88. The van der Waals surface area contributed by atoms with E-state index < -0.39 is 17.4 Å². The lowest BCUT2D eigenvalue weighted by Gasteiger charge is -2.37. The maximum absolute atomic E-state index is 14.2. The van der Waals surface area contributed by atoms with E-state index in [1.807, 2.05) is 20.8 Å². The highest BCUT2D eigenvalue weighted by Gasteiger charge is 2.66. The van der Waals surface area contributed by atoms with Gasteiger partial charge in [-0.1, -0.05) is 41.5 Å². The van der Waals surface area contributed by atoms with Gasteiger partial charge in [0, 0.05) is 11.6 Å². The summed E-state index contributed by atoms with van der Waals surface area (Å²) in [4.78, 5) is 3.84. The van der Waals surface area contributed by atoms with Crippen molar-refractivity contribution in [2.24, 2.45) is 5.41 Å². The summed E-state index contributed by atoms with van der Waals surface area (Å²) in [5.41, 5.74) is -1.55. The molecule has 0 spiro atoms. The van der Waals surface area contributed by atoms with Crippen molar-refractivity contribution in [1.29, 1.82) is 0 Å². The van der Waals surface area contributed by atoms with Gasteiger partial charge in [-0.05, 0) is 29.9 Å². The molecule has 1 aromatic rings. The fourth-order valence-electron chi connectivity index (χ4n) is 1.88. The van der Waals surface area contributed by atoms with E-state index >= 15 is 0 Å². The van der Waals surface area contributed by atoms with Crippen LogP contribution in [0.4, 0.5) is 17.6 Å². The van der Waals surface area contributed by atoms with E-state index in [1.54, 1.807) is 0 Å². The van der Waals surface area contributed by atoms with Crippen LogP contribution >= 0.6 is 0 Å². The summed E-state index contributed by atoms with van der Waals surface area (Å²) in [5.74, 6) is -4.68. The van der Waals surface area contributed by atoms with Gasteiger partial charge in [0.25, 0.3) is 0 Å². The second-order valence-electron chi connectivity index (χ2n) is 7.08. The number of hydrogen-bond donors (Lipinski definition) is 0. The Bertz CT molecular complexity index is 541. The van der Waals surface area contributed by atoms with E-state index in [4.69, 9.17) is 0 Å². The third kappa shape index (κ3) is 3.78. The summed E-state index contributed by atoms with van der Waals surface area (Å²) in [5, 5.41) is 0. The topological polar surface area (TPSA) is 22.1 Å². The molecule has 0 fully saturated rings. The molecule has 0 unspecified atom stereocenters. The molecule has 1 aromatic heterocycles. The van der Waals surface area contributed by atoms with Gasteiger partial charge in [0.2, 0.25) is 0 Å². The molecular formula is C17H25F4NO. The molecule has 0 N–H and O–H groups in total. The summed E-state index contributed by atoms with van der Waals surface area (Å²) in [6.45, 7) is 9.41. The molecular weight excluding hydrogens is 310 g/mol. The number of nitrogens with zero attached hydrogens (tertiary/aromatic N) is 1. The molecule has 0 bridgehead atoms. The molecule has 0 saturated carbocycles. The van der Waals surface area contributed by atoms with Crippen LogP contribution in [0.15, 0.2) is 18.5 Å². The zero-order valence-electron chi connectivity index (χ0n) is 14.5. The van der Waals surface area contributed by atoms with Crippen molar-refractivity contribution in [3.63, 3.8) is 0 Å². The third-order valence-corrected chi connectivity index (χ3v) is 4.72. The Morgan fingerprint density at radius 2 is 1.52 bits per heavy atom. The maximum atomic E-state index is 14.2. The SMILES string of the molecule is CCC(C)(C)c1cncc(OC(F)(F)C(F)(F)C(C)(C)CC)c1. The van der Waals surface area contributed by atoms with Crippen LogP contribution in [0.25, 0.3) is 0 Å². The Kier molecular flexibility index (Phi) is 5.39. The highest BCUT2D eigenvalue weighted by Crippen LogP contribution is 2.49. The predicted octanol–water partition coefficient (Wildman–Crippen LogP) is 5.81. The number of alkyl halides is 4. The second-order valence-corrected chi connectivity index (χ2v) is 7.08. The Hall–Kier alpha value is -1.33. The molecule has 0 aromatic carbocycles. The lowest BCUT2D eigenvalue weighted by atomic mass is 9.82. The quantitative estimate of drug-likeness (QED) is 0.586. The van der Waals surface area contributed by atoms with E-state index in [2.05, 4.69) is 9.72 Å². The van der Waals surface area contributed by atoms with Gasteiger partial charge in [-0.15, -0.1) is 0 Å². The van der Waals surface area contributed by atoms with Crippen molar-refractivity contribution >= 4 is 0 Å². The predicted molar refractivity (Wildman–Crippen MR) is 82.1 cm³/mol. The molecule has 6 heteroatoms. The van der Waals surface area contributed by atoms with Crippen LogP contribution in [0.5, 0.6) is 5.75 Å². The van der Waals surface area contributed by atoms with Crippen LogP contribution in [0.2, 0.25) is 0 Å². The van der Waals surface area contributed by atoms with E-state index in [0.29, 0.717) is 5.56 Å². The van der Waals surface area contributed by atoms with Crippen molar-refractivity contribution in [2.75, 3.05) is 0 Å². The minimum absolute atomic E-state index is 0.111. The standard InChI is InChI=1S/C17H25F4NO/c1-7-14(3,4)12-9-13(11-22-10-12)23-17(20,21)16(18,19)15(5,6)8-2/h9-11H,7-8H2,1-6H3. The zero-order chi connectivity index (χ0) is 18.1. The first-order valence-electron chi connectivity index (χ1n) is 7.71. The van der Waals surface area contributed by atoms with E-state index in [1.165, 1.54) is 19.2 Å². The van der Waals surface area contributed by atoms with Gasteiger partial charge in [0.15, 0.2) is 0 Å². The first-order valence-corrected chi connectivity index (χ1v) is 7.71. The second kappa shape index (κ2) is 6.29. The zero-order valence-corrected chi connectivity index (χ0v) is 14.5. The van der Waals surface area contributed by atoms with Crippen LogP contribution < -0.4 is 4.74 Å². The highest BCUT2D eigenvalue weighted by atomic mass is 19.3. The van der Waals surface area contributed by atoms with Gasteiger partial charge in [-0.3, -0.25) is 4.98 Å². The molecule has 0 aliphatic rings. The monoisotopic (exact) mass is 335 g/mol. The van der Waals surface area contributed by atoms with Crippen LogP contribution in [-0.2, 0) is 5.41 Å². The number of halogens is 4. The van der Waals surface area contributed by atoms with E-state index in [-0.39, 0.29) is 17.6 Å². The van der Waals surface area contributed by atoms with Crippen LogP contribution in [-0.4, -0.2) is 17.0 Å². The number of pyridine rings is 1. The smallest absolute Gasteiger partial charge is 0.426 e. The largest absolute Gasteiger partial charge is 0.464 e. The minimum Gasteiger partial charge on any atom is -0.426 e. The fraction of sp³-hybridized carbons (Fsp3) is 0.706. The number of ether oxygens (including phenoxy) is 1. The van der Waals surface area contributed by atoms with Crippen LogP contribution in [0, 0.1) is 5.41 Å². The van der Waals surface area contributed by atoms with Crippen molar-refractivity contribution in [2.45, 2.75) is 71.8 Å². The molecule has 2 nitrogen and oxygen atoms in total. The minimum atomic E-state index is -4.62. The van der Waals surface area contributed by atoms with Crippen LogP contribution in [0.3, 0.4) is 0 Å². The molecule has 132 valence electrons. The third-order valence-electron chi connectivity index (χ3n) is 4.72. The lowest BCUT2D eigenvalue weighted by molar-refractivity contribution is -0.343. The van der Waals surface area contributed by atoms with E-state index in [0.717, 1.165) is 26.5 Å². The first kappa shape index (κ1) is 19.7. The summed E-state index contributed by atoms with van der Waals surface area (Å²) in [6.07, 6.45) is -1.43.